The van der Waals surface area contributed by atoms with E-state index < -0.39 is 5.97 Å². The number of fused-ring (bicyclic) bond motifs is 1. The Balaban J connectivity index is 2.37. The molecular weight excluding hydrogens is 264 g/mol. The molecule has 1 aromatic rings. The lowest BCUT2D eigenvalue weighted by molar-refractivity contribution is -0.114. The first-order chi connectivity index (χ1) is 9.13. The van der Waals surface area contributed by atoms with E-state index in [4.69, 9.17) is 10.00 Å². The van der Waals surface area contributed by atoms with Crippen LogP contribution in [0.4, 0.5) is 5.00 Å². The van der Waals surface area contributed by atoms with Gasteiger partial charge < -0.3 is 10.1 Å². The molecule has 0 atom stereocenters. The third-order valence-corrected chi connectivity index (χ3v) is 4.14. The van der Waals surface area contributed by atoms with E-state index in [2.05, 4.69) is 5.32 Å². The zero-order valence-electron chi connectivity index (χ0n) is 10.6. The second-order valence-electron chi connectivity index (χ2n) is 4.33. The molecule has 0 spiro atoms. The highest BCUT2D eigenvalue weighted by Gasteiger charge is 2.26. The summed E-state index contributed by atoms with van der Waals surface area (Å²) in [4.78, 5) is 24.4. The number of anilines is 1. The van der Waals surface area contributed by atoms with Crippen molar-refractivity contribution in [1.29, 1.82) is 5.26 Å². The summed E-state index contributed by atoms with van der Waals surface area (Å²) in [6.45, 7) is 1.13. The average Bonchev–Trinajstić information content (AvgIpc) is 2.72. The number of carbonyl (C=O) groups excluding carboxylic acids is 2. The lowest BCUT2D eigenvalue weighted by Crippen LogP contribution is -2.13. The van der Waals surface area contributed by atoms with Crippen molar-refractivity contribution in [2.75, 3.05) is 11.9 Å². The molecule has 0 bridgehead atoms. The van der Waals surface area contributed by atoms with E-state index in [9.17, 15) is 9.59 Å². The Morgan fingerprint density at radius 3 is 2.84 bits per heavy atom. The summed E-state index contributed by atoms with van der Waals surface area (Å²) >= 11 is 1.44. The molecule has 19 heavy (non-hydrogen) atoms. The SMILES string of the molecule is CC(=O)Nc1sc2c(c1C(=O)OCC#N)CCCC2. The summed E-state index contributed by atoms with van der Waals surface area (Å²) in [5, 5.41) is 11.7. The standard InChI is InChI=1S/C13H14N2O3S/c1-8(16)15-12-11(13(17)18-7-6-14)9-4-2-3-5-10(9)19-12/h2-5,7H2,1H3,(H,15,16). The number of nitrogens with zero attached hydrogens (tertiary/aromatic N) is 1. The molecular formula is C13H14N2O3S. The summed E-state index contributed by atoms with van der Waals surface area (Å²) in [6, 6.07) is 1.77. The zero-order valence-corrected chi connectivity index (χ0v) is 11.4. The summed E-state index contributed by atoms with van der Waals surface area (Å²) in [5.41, 5.74) is 1.41. The molecule has 0 aliphatic heterocycles. The van der Waals surface area contributed by atoms with E-state index in [-0.39, 0.29) is 12.5 Å². The van der Waals surface area contributed by atoms with E-state index >= 15 is 0 Å². The number of thiophene rings is 1. The molecule has 5 nitrogen and oxygen atoms in total. The van der Waals surface area contributed by atoms with Gasteiger partial charge in [-0.25, -0.2) is 4.79 Å². The Kier molecular flexibility index (Phi) is 4.17. The summed E-state index contributed by atoms with van der Waals surface area (Å²) in [5.74, 6) is -0.738. The second-order valence-corrected chi connectivity index (χ2v) is 5.44. The smallest absolute Gasteiger partial charge is 0.342 e. The van der Waals surface area contributed by atoms with Crippen molar-refractivity contribution in [2.45, 2.75) is 32.6 Å². The normalized spacial score (nSPS) is 13.3. The van der Waals surface area contributed by atoms with Crippen LogP contribution >= 0.6 is 11.3 Å². The predicted molar refractivity (Wildman–Crippen MR) is 71.2 cm³/mol. The first kappa shape index (κ1) is 13.6. The van der Waals surface area contributed by atoms with Gasteiger partial charge in [0.25, 0.3) is 0 Å². The molecule has 0 saturated carbocycles. The average molecular weight is 278 g/mol. The maximum atomic E-state index is 12.0. The van der Waals surface area contributed by atoms with Crippen LogP contribution in [0.5, 0.6) is 0 Å². The summed E-state index contributed by atoms with van der Waals surface area (Å²) in [6.07, 6.45) is 3.88. The lowest BCUT2D eigenvalue weighted by atomic mass is 9.95. The monoisotopic (exact) mass is 278 g/mol. The minimum absolute atomic E-state index is 0.215. The molecule has 1 heterocycles. The first-order valence-corrected chi connectivity index (χ1v) is 6.91. The van der Waals surface area contributed by atoms with Crippen LogP contribution in [0.3, 0.4) is 0 Å². The number of amides is 1. The van der Waals surface area contributed by atoms with Crippen LogP contribution in [-0.2, 0) is 22.4 Å². The Hall–Kier alpha value is -1.87. The van der Waals surface area contributed by atoms with Crippen molar-refractivity contribution in [3.8, 4) is 6.07 Å². The maximum Gasteiger partial charge on any atom is 0.342 e. The second kappa shape index (κ2) is 5.85. The quantitative estimate of drug-likeness (QED) is 0.860. The van der Waals surface area contributed by atoms with Crippen LogP contribution in [0, 0.1) is 11.3 Å². The van der Waals surface area contributed by atoms with Gasteiger partial charge in [0, 0.05) is 11.8 Å². The van der Waals surface area contributed by atoms with Crippen LogP contribution in [0.2, 0.25) is 0 Å². The van der Waals surface area contributed by atoms with E-state index in [1.165, 1.54) is 18.3 Å². The van der Waals surface area contributed by atoms with Crippen molar-refractivity contribution >= 4 is 28.2 Å². The van der Waals surface area contributed by atoms with Gasteiger partial charge in [-0.2, -0.15) is 5.26 Å². The zero-order chi connectivity index (χ0) is 13.8. The van der Waals surface area contributed by atoms with E-state index in [0.29, 0.717) is 10.6 Å². The topological polar surface area (TPSA) is 79.2 Å². The molecule has 1 aromatic heterocycles. The van der Waals surface area contributed by atoms with Gasteiger partial charge in [0.05, 0.1) is 5.56 Å². The number of carbonyl (C=O) groups is 2. The molecule has 0 fully saturated rings. The minimum Gasteiger partial charge on any atom is -0.447 e. The van der Waals surface area contributed by atoms with Gasteiger partial charge in [-0.1, -0.05) is 0 Å². The third-order valence-electron chi connectivity index (χ3n) is 2.93. The van der Waals surface area contributed by atoms with Gasteiger partial charge in [-0.05, 0) is 31.2 Å². The Morgan fingerprint density at radius 1 is 1.42 bits per heavy atom. The number of rotatable bonds is 3. The van der Waals surface area contributed by atoms with Crippen molar-refractivity contribution < 1.29 is 14.3 Å². The van der Waals surface area contributed by atoms with Gasteiger partial charge in [-0.15, -0.1) is 11.3 Å². The summed E-state index contributed by atoms with van der Waals surface area (Å²) < 4.78 is 4.88. The van der Waals surface area contributed by atoms with Crippen molar-refractivity contribution in [3.63, 3.8) is 0 Å². The molecule has 100 valence electrons. The van der Waals surface area contributed by atoms with Gasteiger partial charge in [0.2, 0.25) is 5.91 Å². The molecule has 0 unspecified atom stereocenters. The van der Waals surface area contributed by atoms with Crippen molar-refractivity contribution in [1.82, 2.24) is 0 Å². The molecule has 6 heteroatoms. The minimum atomic E-state index is -0.523. The number of esters is 1. The van der Waals surface area contributed by atoms with Gasteiger partial charge in [-0.3, -0.25) is 4.79 Å². The molecule has 1 aliphatic carbocycles. The Labute approximate surface area is 115 Å². The van der Waals surface area contributed by atoms with Gasteiger partial charge in [0.1, 0.15) is 11.1 Å². The first-order valence-electron chi connectivity index (χ1n) is 6.09. The highest BCUT2D eigenvalue weighted by Crippen LogP contribution is 2.38. The molecule has 0 radical (unpaired) electrons. The van der Waals surface area contributed by atoms with Crippen LogP contribution in [-0.4, -0.2) is 18.5 Å². The van der Waals surface area contributed by atoms with Gasteiger partial charge >= 0.3 is 5.97 Å². The number of aryl methyl sites for hydroxylation is 1. The number of nitrogens with one attached hydrogen (secondary N) is 1. The largest absolute Gasteiger partial charge is 0.447 e. The number of hydrogen-bond acceptors (Lipinski definition) is 5. The highest BCUT2D eigenvalue weighted by atomic mass is 32.1. The maximum absolute atomic E-state index is 12.0. The number of nitriles is 1. The Morgan fingerprint density at radius 2 is 2.16 bits per heavy atom. The molecule has 1 N–H and O–H groups in total. The van der Waals surface area contributed by atoms with Crippen LogP contribution in [0.25, 0.3) is 0 Å². The number of ether oxygens (including phenoxy) is 1. The fourth-order valence-electron chi connectivity index (χ4n) is 2.20. The van der Waals surface area contributed by atoms with E-state index in [0.717, 1.165) is 36.1 Å². The number of hydrogen-bond donors (Lipinski definition) is 1. The molecule has 0 aromatic carbocycles. The fourth-order valence-corrected chi connectivity index (χ4v) is 3.52. The molecule has 1 aliphatic rings. The van der Waals surface area contributed by atoms with Crippen LogP contribution in [0.15, 0.2) is 0 Å². The van der Waals surface area contributed by atoms with E-state index in [1.807, 2.05) is 0 Å². The lowest BCUT2D eigenvalue weighted by Gasteiger charge is -2.11. The van der Waals surface area contributed by atoms with Crippen molar-refractivity contribution in [3.05, 3.63) is 16.0 Å². The molecule has 0 saturated heterocycles. The molecule has 1 amide bonds. The predicted octanol–water partition coefficient (Wildman–Crippen LogP) is 2.27. The molecule has 2 rings (SSSR count). The van der Waals surface area contributed by atoms with Gasteiger partial charge in [0.15, 0.2) is 6.61 Å². The summed E-state index contributed by atoms with van der Waals surface area (Å²) in [7, 11) is 0. The van der Waals surface area contributed by atoms with Crippen LogP contribution in [0.1, 0.15) is 40.6 Å². The van der Waals surface area contributed by atoms with Crippen molar-refractivity contribution in [2.24, 2.45) is 0 Å². The van der Waals surface area contributed by atoms with Crippen LogP contribution < -0.4 is 5.32 Å². The Bertz CT molecular complexity index is 557. The highest BCUT2D eigenvalue weighted by molar-refractivity contribution is 7.17. The third kappa shape index (κ3) is 2.93. The van der Waals surface area contributed by atoms with E-state index in [1.54, 1.807) is 6.07 Å². The fraction of sp³-hybridized carbons (Fsp3) is 0.462.